The number of allylic oxidation sites excluding steroid dienone is 2. The molecule has 2 N–H and O–H groups in total. The van der Waals surface area contributed by atoms with E-state index in [0.717, 1.165) is 23.0 Å². The molecule has 1 aliphatic rings. The number of nitrogen functional groups attached to an aromatic ring is 1. The molecule has 4 aromatic rings. The molecule has 0 amide bonds. The van der Waals surface area contributed by atoms with Crippen molar-refractivity contribution < 1.29 is 9.53 Å². The molecule has 0 saturated carbocycles. The smallest absolute Gasteiger partial charge is 0.164 e. The van der Waals surface area contributed by atoms with Crippen LogP contribution in [0.3, 0.4) is 0 Å². The van der Waals surface area contributed by atoms with Crippen molar-refractivity contribution >= 4 is 51.3 Å². The zero-order valence-electron chi connectivity index (χ0n) is 15.7. The molecule has 0 aliphatic carbocycles. The number of nitrogens with zero attached hydrogens (tertiary/aromatic N) is 4. The van der Waals surface area contributed by atoms with E-state index in [-0.39, 0.29) is 0 Å². The van der Waals surface area contributed by atoms with Crippen LogP contribution in [-0.2, 0) is 11.3 Å². The first-order chi connectivity index (χ1) is 14.7. The van der Waals surface area contributed by atoms with Gasteiger partial charge < -0.3 is 15.3 Å². The number of nitrogens with two attached hydrogens (primary N) is 1. The Morgan fingerprint density at radius 1 is 1.10 bits per heavy atom. The minimum absolute atomic E-state index is 0.304. The summed E-state index contributed by atoms with van der Waals surface area (Å²) in [6, 6.07) is 17.4. The SMILES string of the molecule is Nc1ncnc2c1c(I)nn2CC1=C(c2ccccc2)C(C=O)c2ccccc2O1. The van der Waals surface area contributed by atoms with Crippen molar-refractivity contribution in [3.63, 3.8) is 0 Å². The van der Waals surface area contributed by atoms with Crippen molar-refractivity contribution in [3.8, 4) is 5.75 Å². The lowest BCUT2D eigenvalue weighted by atomic mass is 9.84. The summed E-state index contributed by atoms with van der Waals surface area (Å²) >= 11 is 2.12. The number of hydrogen-bond acceptors (Lipinski definition) is 6. The molecule has 2 aromatic carbocycles. The Kier molecular flexibility index (Phi) is 4.70. The van der Waals surface area contributed by atoms with Gasteiger partial charge >= 0.3 is 0 Å². The van der Waals surface area contributed by atoms with Gasteiger partial charge in [-0.3, -0.25) is 0 Å². The average Bonchev–Trinajstić information content (AvgIpc) is 3.09. The van der Waals surface area contributed by atoms with Crippen LogP contribution in [0, 0.1) is 3.70 Å². The van der Waals surface area contributed by atoms with Crippen LogP contribution in [0.4, 0.5) is 5.82 Å². The number of ether oxygens (including phenoxy) is 1. The van der Waals surface area contributed by atoms with Crippen molar-refractivity contribution in [1.29, 1.82) is 0 Å². The summed E-state index contributed by atoms with van der Waals surface area (Å²) < 4.78 is 8.76. The van der Waals surface area contributed by atoms with Gasteiger partial charge in [-0.15, -0.1) is 0 Å². The molecule has 1 atom stereocenters. The highest BCUT2D eigenvalue weighted by Gasteiger charge is 2.31. The second-order valence-electron chi connectivity index (χ2n) is 6.86. The van der Waals surface area contributed by atoms with E-state index in [2.05, 4.69) is 37.7 Å². The van der Waals surface area contributed by atoms with Gasteiger partial charge in [-0.25, -0.2) is 14.6 Å². The van der Waals surface area contributed by atoms with Crippen LogP contribution in [0.5, 0.6) is 5.75 Å². The molecule has 8 heteroatoms. The molecule has 3 heterocycles. The lowest BCUT2D eigenvalue weighted by Crippen LogP contribution is -2.20. The van der Waals surface area contributed by atoms with Crippen LogP contribution in [0.2, 0.25) is 0 Å². The Bertz CT molecular complexity index is 1300. The Balaban J connectivity index is 1.70. The Labute approximate surface area is 185 Å². The lowest BCUT2D eigenvalue weighted by molar-refractivity contribution is -0.108. The lowest BCUT2D eigenvalue weighted by Gasteiger charge is -2.28. The largest absolute Gasteiger partial charge is 0.459 e. The molecule has 0 bridgehead atoms. The van der Waals surface area contributed by atoms with E-state index in [9.17, 15) is 4.79 Å². The summed E-state index contributed by atoms with van der Waals surface area (Å²) in [6.07, 6.45) is 2.39. The van der Waals surface area contributed by atoms with Crippen LogP contribution in [0.15, 0.2) is 66.7 Å². The summed E-state index contributed by atoms with van der Waals surface area (Å²) in [6.45, 7) is 0.304. The fraction of sp³-hybridized carbons (Fsp3) is 0.0909. The van der Waals surface area contributed by atoms with Gasteiger partial charge in [0.2, 0.25) is 0 Å². The van der Waals surface area contributed by atoms with E-state index < -0.39 is 5.92 Å². The van der Waals surface area contributed by atoms with Gasteiger partial charge in [-0.05, 0) is 34.2 Å². The normalized spacial score (nSPS) is 15.7. The van der Waals surface area contributed by atoms with E-state index in [1.165, 1.54) is 6.33 Å². The third-order valence-electron chi connectivity index (χ3n) is 5.13. The van der Waals surface area contributed by atoms with Crippen LogP contribution in [0.25, 0.3) is 16.6 Å². The molecular weight excluding hydrogens is 493 g/mol. The molecule has 7 nitrogen and oxygen atoms in total. The van der Waals surface area contributed by atoms with Gasteiger partial charge in [0.25, 0.3) is 0 Å². The number of rotatable bonds is 4. The number of para-hydroxylation sites is 1. The average molecular weight is 509 g/mol. The molecule has 5 rings (SSSR count). The summed E-state index contributed by atoms with van der Waals surface area (Å²) in [5, 5.41) is 5.31. The molecule has 1 aliphatic heterocycles. The first-order valence-electron chi connectivity index (χ1n) is 9.30. The van der Waals surface area contributed by atoms with Gasteiger partial charge in [-0.1, -0.05) is 48.5 Å². The highest BCUT2D eigenvalue weighted by molar-refractivity contribution is 14.1. The zero-order valence-corrected chi connectivity index (χ0v) is 17.9. The Morgan fingerprint density at radius 3 is 2.67 bits per heavy atom. The van der Waals surface area contributed by atoms with Crippen molar-refractivity contribution in [2.24, 2.45) is 0 Å². The third-order valence-corrected chi connectivity index (χ3v) is 5.88. The predicted octanol–water partition coefficient (Wildman–Crippen LogP) is 3.80. The van der Waals surface area contributed by atoms with Gasteiger partial charge in [0.15, 0.2) is 5.65 Å². The van der Waals surface area contributed by atoms with E-state index in [1.54, 1.807) is 4.68 Å². The van der Waals surface area contributed by atoms with Gasteiger partial charge in [0.1, 0.15) is 40.2 Å². The second kappa shape index (κ2) is 7.52. The number of carbonyl (C=O) groups is 1. The van der Waals surface area contributed by atoms with E-state index in [4.69, 9.17) is 10.5 Å². The fourth-order valence-electron chi connectivity index (χ4n) is 3.80. The maximum atomic E-state index is 12.2. The second-order valence-corrected chi connectivity index (χ2v) is 7.88. The van der Waals surface area contributed by atoms with Crippen LogP contribution < -0.4 is 10.5 Å². The van der Waals surface area contributed by atoms with Gasteiger partial charge in [0.05, 0.1) is 11.3 Å². The van der Waals surface area contributed by atoms with Crippen LogP contribution >= 0.6 is 22.6 Å². The maximum absolute atomic E-state index is 12.2. The molecule has 0 spiro atoms. The molecule has 0 fully saturated rings. The van der Waals surface area contributed by atoms with E-state index >= 15 is 0 Å². The van der Waals surface area contributed by atoms with Crippen molar-refractivity contribution in [1.82, 2.24) is 19.7 Å². The van der Waals surface area contributed by atoms with Crippen molar-refractivity contribution in [3.05, 3.63) is 81.5 Å². The zero-order chi connectivity index (χ0) is 20.7. The standard InChI is InChI=1S/C22H16IN5O2/c23-20-19-21(24)25-12-26-22(19)28(27-20)10-17-18(13-6-2-1-3-7-13)15(11-29)14-8-4-5-9-16(14)30-17/h1-9,11-12,15H,10H2,(H2,24,25,26). The Hall–Kier alpha value is -3.27. The minimum atomic E-state index is -0.437. The van der Waals surface area contributed by atoms with Gasteiger partial charge in [0, 0.05) is 11.1 Å². The number of aldehydes is 1. The van der Waals surface area contributed by atoms with Crippen LogP contribution in [-0.4, -0.2) is 26.0 Å². The summed E-state index contributed by atoms with van der Waals surface area (Å²) in [7, 11) is 0. The third kappa shape index (κ3) is 3.04. The quantitative estimate of drug-likeness (QED) is 0.332. The predicted molar refractivity (Wildman–Crippen MR) is 122 cm³/mol. The number of halogens is 1. The number of fused-ring (bicyclic) bond motifs is 2. The number of carbonyl (C=O) groups excluding carboxylic acids is 1. The molecule has 0 radical (unpaired) electrons. The van der Waals surface area contributed by atoms with Gasteiger partial charge in [-0.2, -0.15) is 5.10 Å². The van der Waals surface area contributed by atoms with E-state index in [0.29, 0.717) is 38.6 Å². The topological polar surface area (TPSA) is 95.9 Å². The molecule has 1 unspecified atom stereocenters. The van der Waals surface area contributed by atoms with Crippen molar-refractivity contribution in [2.75, 3.05) is 5.73 Å². The highest BCUT2D eigenvalue weighted by atomic mass is 127. The number of aromatic nitrogens is 4. The Morgan fingerprint density at radius 2 is 1.87 bits per heavy atom. The molecule has 30 heavy (non-hydrogen) atoms. The van der Waals surface area contributed by atoms with Crippen LogP contribution in [0.1, 0.15) is 17.0 Å². The fourth-order valence-corrected chi connectivity index (χ4v) is 4.57. The maximum Gasteiger partial charge on any atom is 0.164 e. The molecule has 148 valence electrons. The number of anilines is 1. The first kappa shape index (κ1) is 18.7. The monoisotopic (exact) mass is 509 g/mol. The minimum Gasteiger partial charge on any atom is -0.459 e. The highest BCUT2D eigenvalue weighted by Crippen LogP contribution is 2.43. The summed E-state index contributed by atoms with van der Waals surface area (Å²) in [4.78, 5) is 20.6. The molecule has 0 saturated heterocycles. The molecule has 2 aromatic heterocycles. The number of benzene rings is 2. The van der Waals surface area contributed by atoms with E-state index in [1.807, 2.05) is 54.6 Å². The first-order valence-corrected chi connectivity index (χ1v) is 10.4. The number of hydrogen-bond donors (Lipinski definition) is 1. The summed E-state index contributed by atoms with van der Waals surface area (Å²) in [5.41, 5.74) is 9.25. The molecular formula is C22H16IN5O2. The van der Waals surface area contributed by atoms with Crippen molar-refractivity contribution in [2.45, 2.75) is 12.5 Å². The summed E-state index contributed by atoms with van der Waals surface area (Å²) in [5.74, 6) is 1.26.